The summed E-state index contributed by atoms with van der Waals surface area (Å²) in [5.74, 6) is -1.46. The number of carboxylic acids is 1. The SMILES string of the molecule is O=C(Cc1cn2ccsc2n1)Nc1ncccc1C(=O)O. The molecule has 0 radical (unpaired) electrons. The van der Waals surface area contributed by atoms with Crippen LogP contribution in [-0.4, -0.2) is 31.4 Å². The molecule has 2 N–H and O–H groups in total. The van der Waals surface area contributed by atoms with Crippen LogP contribution in [-0.2, 0) is 11.2 Å². The van der Waals surface area contributed by atoms with Crippen molar-refractivity contribution < 1.29 is 14.7 Å². The molecule has 0 unspecified atom stereocenters. The molecular formula is C13H10N4O3S. The zero-order chi connectivity index (χ0) is 14.8. The molecule has 0 aromatic carbocycles. The molecule has 3 aromatic rings. The molecule has 0 saturated carbocycles. The van der Waals surface area contributed by atoms with Crippen molar-refractivity contribution in [1.29, 1.82) is 0 Å². The number of hydrogen-bond donors (Lipinski definition) is 2. The van der Waals surface area contributed by atoms with E-state index in [4.69, 9.17) is 5.11 Å². The Labute approximate surface area is 122 Å². The predicted octanol–water partition coefficient (Wildman–Crippen LogP) is 1.67. The number of rotatable bonds is 4. The number of thiazole rings is 1. The van der Waals surface area contributed by atoms with Crippen LogP contribution in [0.25, 0.3) is 4.96 Å². The standard InChI is InChI=1S/C13H10N4O3S/c18-10(6-8-7-17-4-5-21-13(17)15-8)16-11-9(12(19)20)2-1-3-14-11/h1-5,7H,6H2,(H,19,20)(H,14,16,18). The van der Waals surface area contributed by atoms with Crippen molar-refractivity contribution in [1.82, 2.24) is 14.4 Å². The second-order valence-corrected chi connectivity index (χ2v) is 5.13. The van der Waals surface area contributed by atoms with E-state index in [2.05, 4.69) is 15.3 Å². The van der Waals surface area contributed by atoms with E-state index in [1.165, 1.54) is 29.7 Å². The minimum Gasteiger partial charge on any atom is -0.478 e. The zero-order valence-corrected chi connectivity index (χ0v) is 11.5. The van der Waals surface area contributed by atoms with Gasteiger partial charge in [0.2, 0.25) is 5.91 Å². The highest BCUT2D eigenvalue weighted by molar-refractivity contribution is 7.15. The molecule has 0 fully saturated rings. The number of fused-ring (bicyclic) bond motifs is 1. The summed E-state index contributed by atoms with van der Waals surface area (Å²) in [5, 5.41) is 13.4. The Bertz CT molecular complexity index is 795. The number of nitrogens with zero attached hydrogens (tertiary/aromatic N) is 3. The largest absolute Gasteiger partial charge is 0.478 e. The van der Waals surface area contributed by atoms with E-state index in [-0.39, 0.29) is 23.7 Å². The summed E-state index contributed by atoms with van der Waals surface area (Å²) in [6, 6.07) is 2.89. The lowest BCUT2D eigenvalue weighted by Gasteiger charge is -2.05. The summed E-state index contributed by atoms with van der Waals surface area (Å²) in [7, 11) is 0. The molecule has 3 aromatic heterocycles. The number of hydrogen-bond acceptors (Lipinski definition) is 5. The second-order valence-electron chi connectivity index (χ2n) is 4.25. The third kappa shape index (κ3) is 2.75. The number of imidazole rings is 1. The van der Waals surface area contributed by atoms with Gasteiger partial charge >= 0.3 is 5.97 Å². The lowest BCUT2D eigenvalue weighted by atomic mass is 10.2. The number of pyridine rings is 1. The van der Waals surface area contributed by atoms with E-state index in [0.29, 0.717) is 5.69 Å². The van der Waals surface area contributed by atoms with E-state index in [1.807, 2.05) is 16.0 Å². The van der Waals surface area contributed by atoms with Gasteiger partial charge < -0.3 is 10.4 Å². The Morgan fingerprint density at radius 2 is 2.29 bits per heavy atom. The highest BCUT2D eigenvalue weighted by Gasteiger charge is 2.14. The van der Waals surface area contributed by atoms with Gasteiger partial charge in [-0.3, -0.25) is 9.20 Å². The first kappa shape index (κ1) is 13.3. The molecule has 0 aliphatic rings. The maximum absolute atomic E-state index is 12.0. The molecule has 0 aliphatic carbocycles. The number of aromatic nitrogens is 3. The fourth-order valence-electron chi connectivity index (χ4n) is 1.88. The highest BCUT2D eigenvalue weighted by Crippen LogP contribution is 2.14. The summed E-state index contributed by atoms with van der Waals surface area (Å²) in [4.78, 5) is 32.0. The number of aromatic carboxylic acids is 1. The van der Waals surface area contributed by atoms with Crippen LogP contribution in [0.1, 0.15) is 16.1 Å². The predicted molar refractivity (Wildman–Crippen MR) is 76.6 cm³/mol. The van der Waals surface area contributed by atoms with Crippen molar-refractivity contribution in [2.75, 3.05) is 5.32 Å². The molecule has 106 valence electrons. The molecule has 3 heterocycles. The Morgan fingerprint density at radius 1 is 1.43 bits per heavy atom. The summed E-state index contributed by atoms with van der Waals surface area (Å²) in [6.07, 6.45) is 5.11. The number of carbonyl (C=O) groups is 2. The van der Waals surface area contributed by atoms with Crippen LogP contribution < -0.4 is 5.32 Å². The summed E-state index contributed by atoms with van der Waals surface area (Å²) >= 11 is 1.48. The third-order valence-electron chi connectivity index (χ3n) is 2.78. The number of carboxylic acid groups (broad SMARTS) is 1. The number of amides is 1. The Morgan fingerprint density at radius 3 is 3.05 bits per heavy atom. The molecule has 0 aliphatic heterocycles. The monoisotopic (exact) mass is 302 g/mol. The first-order valence-corrected chi connectivity index (χ1v) is 6.90. The maximum atomic E-state index is 12.0. The minimum atomic E-state index is -1.14. The van der Waals surface area contributed by atoms with Crippen LogP contribution in [0.2, 0.25) is 0 Å². The van der Waals surface area contributed by atoms with Gasteiger partial charge in [-0.15, -0.1) is 11.3 Å². The number of carbonyl (C=O) groups excluding carboxylic acids is 1. The molecule has 7 nitrogen and oxygen atoms in total. The Hall–Kier alpha value is -2.74. The Balaban J connectivity index is 1.75. The van der Waals surface area contributed by atoms with E-state index in [0.717, 1.165) is 4.96 Å². The van der Waals surface area contributed by atoms with Crippen LogP contribution >= 0.6 is 11.3 Å². The first-order chi connectivity index (χ1) is 10.1. The molecule has 1 amide bonds. The van der Waals surface area contributed by atoms with Gasteiger partial charge in [0.25, 0.3) is 0 Å². The molecule has 0 spiro atoms. The molecule has 0 bridgehead atoms. The molecule has 8 heteroatoms. The van der Waals surface area contributed by atoms with Crippen LogP contribution in [0, 0.1) is 0 Å². The van der Waals surface area contributed by atoms with Gasteiger partial charge in [0, 0.05) is 24.0 Å². The van der Waals surface area contributed by atoms with Gasteiger partial charge in [0.1, 0.15) is 11.4 Å². The lowest BCUT2D eigenvalue weighted by Crippen LogP contribution is -2.18. The molecule has 0 atom stereocenters. The first-order valence-electron chi connectivity index (χ1n) is 6.03. The van der Waals surface area contributed by atoms with Crippen LogP contribution in [0.4, 0.5) is 5.82 Å². The van der Waals surface area contributed by atoms with Gasteiger partial charge in [0.05, 0.1) is 12.1 Å². The lowest BCUT2D eigenvalue weighted by molar-refractivity contribution is -0.115. The van der Waals surface area contributed by atoms with Gasteiger partial charge in [0.15, 0.2) is 4.96 Å². The summed E-state index contributed by atoms with van der Waals surface area (Å²) in [6.45, 7) is 0. The Kier molecular flexibility index (Phi) is 3.36. The average molecular weight is 302 g/mol. The smallest absolute Gasteiger partial charge is 0.339 e. The van der Waals surface area contributed by atoms with Crippen molar-refractivity contribution in [2.24, 2.45) is 0 Å². The van der Waals surface area contributed by atoms with Gasteiger partial charge in [-0.25, -0.2) is 14.8 Å². The fourth-order valence-corrected chi connectivity index (χ4v) is 2.60. The topological polar surface area (TPSA) is 96.6 Å². The van der Waals surface area contributed by atoms with E-state index in [9.17, 15) is 9.59 Å². The van der Waals surface area contributed by atoms with Crippen molar-refractivity contribution in [3.8, 4) is 0 Å². The van der Waals surface area contributed by atoms with Crippen molar-refractivity contribution in [2.45, 2.75) is 6.42 Å². The van der Waals surface area contributed by atoms with E-state index in [1.54, 1.807) is 6.20 Å². The average Bonchev–Trinajstić information content (AvgIpc) is 2.99. The van der Waals surface area contributed by atoms with Crippen molar-refractivity contribution >= 4 is 34.0 Å². The number of nitrogens with one attached hydrogen (secondary N) is 1. The van der Waals surface area contributed by atoms with Crippen molar-refractivity contribution in [3.05, 3.63) is 47.4 Å². The van der Waals surface area contributed by atoms with E-state index >= 15 is 0 Å². The normalized spacial score (nSPS) is 10.7. The summed E-state index contributed by atoms with van der Waals surface area (Å²) < 4.78 is 1.83. The van der Waals surface area contributed by atoms with Crippen LogP contribution in [0.5, 0.6) is 0 Å². The van der Waals surface area contributed by atoms with Crippen LogP contribution in [0.15, 0.2) is 36.1 Å². The zero-order valence-electron chi connectivity index (χ0n) is 10.7. The molecular weight excluding hydrogens is 292 g/mol. The number of anilines is 1. The van der Waals surface area contributed by atoms with Crippen LogP contribution in [0.3, 0.4) is 0 Å². The molecule has 21 heavy (non-hydrogen) atoms. The summed E-state index contributed by atoms with van der Waals surface area (Å²) in [5.41, 5.74) is 0.573. The molecule has 0 saturated heterocycles. The van der Waals surface area contributed by atoms with Crippen molar-refractivity contribution in [3.63, 3.8) is 0 Å². The molecule has 3 rings (SSSR count). The minimum absolute atomic E-state index is 0.0380. The van der Waals surface area contributed by atoms with Gasteiger partial charge in [-0.05, 0) is 12.1 Å². The third-order valence-corrected chi connectivity index (χ3v) is 3.55. The van der Waals surface area contributed by atoms with Gasteiger partial charge in [-0.2, -0.15) is 0 Å². The van der Waals surface area contributed by atoms with Gasteiger partial charge in [-0.1, -0.05) is 0 Å². The quantitative estimate of drug-likeness (QED) is 0.764. The highest BCUT2D eigenvalue weighted by atomic mass is 32.1. The fraction of sp³-hybridized carbons (Fsp3) is 0.0769. The van der Waals surface area contributed by atoms with E-state index < -0.39 is 5.97 Å². The maximum Gasteiger partial charge on any atom is 0.339 e. The second kappa shape index (κ2) is 5.33.